The van der Waals surface area contributed by atoms with Crippen molar-refractivity contribution in [1.29, 1.82) is 0 Å². The Balaban J connectivity index is 1.38. The van der Waals surface area contributed by atoms with Crippen LogP contribution in [0.2, 0.25) is 0 Å². The lowest BCUT2D eigenvalue weighted by molar-refractivity contribution is 0.261. The molecule has 0 aliphatic carbocycles. The molecule has 0 atom stereocenters. The molecule has 0 saturated heterocycles. The van der Waals surface area contributed by atoms with Crippen LogP contribution in [-0.4, -0.2) is 57.3 Å². The van der Waals surface area contributed by atoms with Crippen LogP contribution in [0.15, 0.2) is 77.9 Å². The summed E-state index contributed by atoms with van der Waals surface area (Å²) < 4.78 is 11.2. The number of benzene rings is 1. The number of nitrogens with one attached hydrogen (secondary N) is 2. The van der Waals surface area contributed by atoms with E-state index in [4.69, 9.17) is 14.1 Å². The highest BCUT2D eigenvalue weighted by Crippen LogP contribution is 2.34. The number of H-pyrrole nitrogens is 2. The Bertz CT molecular complexity index is 1610. The van der Waals surface area contributed by atoms with Crippen molar-refractivity contribution in [3.63, 3.8) is 0 Å². The number of likely N-dealkylation sites (N-methyl/N-ethyl adjacent to an activating group) is 1. The number of hydrogen-bond donors (Lipinski definition) is 2. The first-order valence-electron chi connectivity index (χ1n) is 11.4. The van der Waals surface area contributed by atoms with Gasteiger partial charge in [0.1, 0.15) is 23.6 Å². The molecule has 6 rings (SSSR count). The zero-order valence-electron chi connectivity index (χ0n) is 19.4. The maximum atomic E-state index is 5.86. The van der Waals surface area contributed by atoms with Gasteiger partial charge in [0.05, 0.1) is 35.6 Å². The molecule has 2 N–H and O–H groups in total. The Morgan fingerprint density at radius 1 is 1.00 bits per heavy atom. The van der Waals surface area contributed by atoms with Crippen molar-refractivity contribution in [2.75, 3.05) is 27.2 Å². The van der Waals surface area contributed by atoms with E-state index in [1.165, 1.54) is 0 Å². The van der Waals surface area contributed by atoms with Crippen LogP contribution in [0.5, 0.6) is 5.75 Å². The third-order valence-corrected chi connectivity index (χ3v) is 5.98. The molecule has 0 bridgehead atoms. The molecule has 0 amide bonds. The van der Waals surface area contributed by atoms with Crippen LogP contribution in [0.4, 0.5) is 0 Å². The van der Waals surface area contributed by atoms with Crippen molar-refractivity contribution >= 4 is 21.9 Å². The van der Waals surface area contributed by atoms with Crippen molar-refractivity contribution in [3.8, 4) is 39.5 Å². The van der Waals surface area contributed by atoms with Crippen LogP contribution < -0.4 is 4.74 Å². The lowest BCUT2D eigenvalue weighted by atomic mass is 10.0. The molecule has 8 heteroatoms. The molecule has 8 nitrogen and oxygen atoms in total. The second-order valence-corrected chi connectivity index (χ2v) is 8.69. The third-order valence-electron chi connectivity index (χ3n) is 5.98. The Morgan fingerprint density at radius 3 is 2.80 bits per heavy atom. The largest absolute Gasteiger partial charge is 0.491 e. The minimum absolute atomic E-state index is 0.595. The minimum Gasteiger partial charge on any atom is -0.491 e. The molecule has 5 heterocycles. The van der Waals surface area contributed by atoms with E-state index in [2.05, 4.69) is 43.3 Å². The topological polar surface area (TPSA) is 95.9 Å². The summed E-state index contributed by atoms with van der Waals surface area (Å²) in [7, 11) is 4.04. The second-order valence-electron chi connectivity index (χ2n) is 8.69. The number of ether oxygens (including phenoxy) is 1. The summed E-state index contributed by atoms with van der Waals surface area (Å²) in [5.41, 5.74) is 8.17. The van der Waals surface area contributed by atoms with Crippen molar-refractivity contribution < 1.29 is 9.15 Å². The molecule has 0 fully saturated rings. The quantitative estimate of drug-likeness (QED) is 0.330. The number of rotatable bonds is 7. The van der Waals surface area contributed by atoms with Gasteiger partial charge in [-0.15, -0.1) is 0 Å². The van der Waals surface area contributed by atoms with Crippen LogP contribution >= 0.6 is 0 Å². The van der Waals surface area contributed by atoms with E-state index in [1.807, 2.05) is 44.4 Å². The van der Waals surface area contributed by atoms with Crippen LogP contribution in [-0.2, 0) is 0 Å². The van der Waals surface area contributed by atoms with Crippen LogP contribution in [0.3, 0.4) is 0 Å². The lowest BCUT2D eigenvalue weighted by Crippen LogP contribution is -2.19. The van der Waals surface area contributed by atoms with Crippen molar-refractivity contribution in [2.45, 2.75) is 0 Å². The summed E-state index contributed by atoms with van der Waals surface area (Å²) >= 11 is 0. The Kier molecular flexibility index (Phi) is 5.27. The fourth-order valence-corrected chi connectivity index (χ4v) is 4.18. The summed E-state index contributed by atoms with van der Waals surface area (Å²) in [5.74, 6) is 0.723. The van der Waals surface area contributed by atoms with E-state index in [9.17, 15) is 0 Å². The lowest BCUT2D eigenvalue weighted by Gasteiger charge is -2.11. The maximum Gasteiger partial charge on any atom is 0.138 e. The zero-order chi connectivity index (χ0) is 23.8. The van der Waals surface area contributed by atoms with Gasteiger partial charge in [0.25, 0.3) is 0 Å². The van der Waals surface area contributed by atoms with Crippen LogP contribution in [0.1, 0.15) is 0 Å². The van der Waals surface area contributed by atoms with E-state index in [-0.39, 0.29) is 0 Å². The van der Waals surface area contributed by atoms with E-state index < -0.39 is 0 Å². The van der Waals surface area contributed by atoms with Crippen LogP contribution in [0.25, 0.3) is 55.7 Å². The number of pyridine rings is 2. The molecule has 35 heavy (non-hydrogen) atoms. The van der Waals surface area contributed by atoms with Gasteiger partial charge < -0.3 is 19.0 Å². The van der Waals surface area contributed by atoms with Gasteiger partial charge in [0.2, 0.25) is 0 Å². The number of aromatic nitrogens is 5. The second kappa shape index (κ2) is 8.73. The Hall–Kier alpha value is -4.43. The van der Waals surface area contributed by atoms with Crippen molar-refractivity contribution in [1.82, 2.24) is 30.0 Å². The van der Waals surface area contributed by atoms with E-state index in [0.717, 1.165) is 68.0 Å². The highest BCUT2D eigenvalue weighted by molar-refractivity contribution is 6.00. The summed E-state index contributed by atoms with van der Waals surface area (Å²) in [6.07, 6.45) is 6.97. The highest BCUT2D eigenvalue weighted by atomic mass is 16.5. The summed E-state index contributed by atoms with van der Waals surface area (Å²) in [5, 5.41) is 8.79. The molecule has 6 aromatic rings. The predicted molar refractivity (Wildman–Crippen MR) is 136 cm³/mol. The molecule has 0 aliphatic heterocycles. The van der Waals surface area contributed by atoms with Gasteiger partial charge in [-0.3, -0.25) is 10.1 Å². The average molecular weight is 465 g/mol. The molecule has 0 aliphatic rings. The molecule has 0 saturated carbocycles. The average Bonchev–Trinajstić information content (AvgIpc) is 3.62. The number of aromatic amines is 2. The van der Waals surface area contributed by atoms with Gasteiger partial charge in [0, 0.05) is 34.8 Å². The Labute approximate surface area is 201 Å². The van der Waals surface area contributed by atoms with E-state index in [0.29, 0.717) is 6.61 Å². The normalized spacial score (nSPS) is 11.6. The molecular weight excluding hydrogens is 440 g/mol. The smallest absolute Gasteiger partial charge is 0.138 e. The molecule has 0 spiro atoms. The zero-order valence-corrected chi connectivity index (χ0v) is 19.4. The maximum absolute atomic E-state index is 5.86. The van der Waals surface area contributed by atoms with Gasteiger partial charge in [0.15, 0.2) is 0 Å². The van der Waals surface area contributed by atoms with Crippen molar-refractivity contribution in [3.05, 3.63) is 73.5 Å². The number of nitrogens with zero attached hydrogens (tertiary/aromatic N) is 4. The van der Waals surface area contributed by atoms with Crippen molar-refractivity contribution in [2.24, 2.45) is 0 Å². The molecule has 0 unspecified atom stereocenters. The Morgan fingerprint density at radius 2 is 1.94 bits per heavy atom. The summed E-state index contributed by atoms with van der Waals surface area (Å²) in [6, 6.07) is 16.2. The van der Waals surface area contributed by atoms with Gasteiger partial charge in [-0.25, -0.2) is 4.98 Å². The predicted octanol–water partition coefficient (Wildman–Crippen LogP) is 5.37. The first-order valence-corrected chi connectivity index (χ1v) is 11.4. The number of hydrogen-bond acceptors (Lipinski definition) is 6. The van der Waals surface area contributed by atoms with Gasteiger partial charge in [-0.05, 0) is 56.1 Å². The standard InChI is InChI=1S/C27H24N6O2/c1-33(2)9-11-35-19-12-18(14-28-15-19)22-6-7-24-26(30-22)27(32-31-24)25-13-21-20(17-8-10-34-16-17)4-3-5-23(21)29-25/h3-8,10,12-16,29H,9,11H2,1-2H3,(H,31,32). The minimum atomic E-state index is 0.595. The van der Waals surface area contributed by atoms with Crippen LogP contribution in [0, 0.1) is 0 Å². The number of fused-ring (bicyclic) bond motifs is 2. The summed E-state index contributed by atoms with van der Waals surface area (Å²) in [6.45, 7) is 1.43. The molecule has 174 valence electrons. The number of furan rings is 1. The third kappa shape index (κ3) is 4.04. The summed E-state index contributed by atoms with van der Waals surface area (Å²) in [4.78, 5) is 14.9. The highest BCUT2D eigenvalue weighted by Gasteiger charge is 2.16. The molecular formula is C27H24N6O2. The fourth-order valence-electron chi connectivity index (χ4n) is 4.18. The molecule has 5 aromatic heterocycles. The monoisotopic (exact) mass is 464 g/mol. The molecule has 1 aromatic carbocycles. The first-order chi connectivity index (χ1) is 17.2. The van der Waals surface area contributed by atoms with E-state index in [1.54, 1.807) is 24.9 Å². The SMILES string of the molecule is CN(C)CCOc1cncc(-c2ccc3[nH]nc(-c4cc5c(-c6ccoc6)cccc5[nH]4)c3n2)c1. The fraction of sp³-hybridized carbons (Fsp3) is 0.148. The van der Waals surface area contributed by atoms with Gasteiger partial charge in [-0.1, -0.05) is 12.1 Å². The van der Waals surface area contributed by atoms with E-state index >= 15 is 0 Å². The van der Waals surface area contributed by atoms with Gasteiger partial charge >= 0.3 is 0 Å². The molecule has 0 radical (unpaired) electrons. The van der Waals surface area contributed by atoms with Gasteiger partial charge in [-0.2, -0.15) is 5.10 Å². The first kappa shape index (κ1) is 21.1.